The maximum Gasteiger partial charge on any atom is 0.333 e. The minimum absolute atomic E-state index is 0.181. The summed E-state index contributed by atoms with van der Waals surface area (Å²) in [6.07, 6.45) is 4.27. The van der Waals surface area contributed by atoms with Gasteiger partial charge < -0.3 is 14.2 Å². The molecule has 0 amide bonds. The molecule has 0 heterocycles. The highest BCUT2D eigenvalue weighted by Crippen LogP contribution is 2.16. The fourth-order valence-electron chi connectivity index (χ4n) is 3.07. The van der Waals surface area contributed by atoms with Crippen molar-refractivity contribution in [2.45, 2.75) is 51.9 Å². The number of benzene rings is 2. The molecule has 2 aromatic carbocycles. The van der Waals surface area contributed by atoms with Crippen LogP contribution >= 0.6 is 0 Å². The van der Waals surface area contributed by atoms with Crippen molar-refractivity contribution in [1.82, 2.24) is 0 Å². The van der Waals surface area contributed by atoms with Crippen LogP contribution in [0.1, 0.15) is 51.0 Å². The molecule has 2 rings (SSSR count). The van der Waals surface area contributed by atoms with Crippen molar-refractivity contribution in [3.8, 4) is 0 Å². The van der Waals surface area contributed by atoms with Gasteiger partial charge in [0.05, 0.1) is 26.2 Å². The molecule has 0 atom stereocenters. The summed E-state index contributed by atoms with van der Waals surface area (Å²) in [5.41, 5.74) is 1.29. The third kappa shape index (κ3) is 9.77. The molecule has 0 aromatic heterocycles. The lowest BCUT2D eigenvalue weighted by Gasteiger charge is -2.07. The van der Waals surface area contributed by atoms with Gasteiger partial charge in [-0.3, -0.25) is 9.59 Å². The average molecular weight is 441 g/mol. The molecule has 0 fully saturated rings. The zero-order valence-electron chi connectivity index (χ0n) is 18.8. The summed E-state index contributed by atoms with van der Waals surface area (Å²) in [4.78, 5) is 34.8. The van der Waals surface area contributed by atoms with E-state index in [0.29, 0.717) is 25.2 Å². The molecular weight excluding hydrogens is 408 g/mol. The normalized spacial score (nSPS) is 10.5. The summed E-state index contributed by atoms with van der Waals surface area (Å²) in [5.74, 6) is -0.958. The quantitative estimate of drug-likeness (QED) is 0.179. The number of hydrogen-bond donors (Lipinski definition) is 0. The van der Waals surface area contributed by atoms with Crippen molar-refractivity contribution in [3.63, 3.8) is 0 Å². The molecule has 0 saturated heterocycles. The maximum absolute atomic E-state index is 12.0. The van der Waals surface area contributed by atoms with E-state index in [9.17, 15) is 14.4 Å². The molecule has 0 saturated carbocycles. The molecule has 0 N–H and O–H groups in total. The second-order valence-corrected chi connectivity index (χ2v) is 7.73. The van der Waals surface area contributed by atoms with Crippen molar-refractivity contribution < 1.29 is 28.6 Å². The van der Waals surface area contributed by atoms with E-state index in [2.05, 4.69) is 6.58 Å². The van der Waals surface area contributed by atoms with E-state index < -0.39 is 5.97 Å². The van der Waals surface area contributed by atoms with Gasteiger partial charge in [-0.15, -0.1) is 0 Å². The highest BCUT2D eigenvalue weighted by Gasteiger charge is 2.07. The van der Waals surface area contributed by atoms with Crippen molar-refractivity contribution in [2.24, 2.45) is 0 Å². The first kappa shape index (κ1) is 25.1. The summed E-state index contributed by atoms with van der Waals surface area (Å²) in [7, 11) is 0. The van der Waals surface area contributed by atoms with Gasteiger partial charge in [-0.25, -0.2) is 4.79 Å². The third-order valence-electron chi connectivity index (χ3n) is 4.83. The molecule has 0 aliphatic rings. The van der Waals surface area contributed by atoms with Crippen LogP contribution in [0.2, 0.25) is 0 Å². The Bertz CT molecular complexity index is 917. The van der Waals surface area contributed by atoms with E-state index in [1.807, 2.05) is 42.5 Å². The lowest BCUT2D eigenvalue weighted by atomic mass is 10.1. The topological polar surface area (TPSA) is 78.9 Å². The van der Waals surface area contributed by atoms with Crippen molar-refractivity contribution in [3.05, 3.63) is 60.2 Å². The Morgan fingerprint density at radius 1 is 0.750 bits per heavy atom. The van der Waals surface area contributed by atoms with Gasteiger partial charge in [0, 0.05) is 12.0 Å². The van der Waals surface area contributed by atoms with Crippen molar-refractivity contribution in [2.75, 3.05) is 19.8 Å². The van der Waals surface area contributed by atoms with Gasteiger partial charge in [0.25, 0.3) is 0 Å². The smallest absolute Gasteiger partial charge is 0.333 e. The molecule has 0 radical (unpaired) electrons. The Morgan fingerprint density at radius 3 is 2.06 bits per heavy atom. The largest absolute Gasteiger partial charge is 0.466 e. The van der Waals surface area contributed by atoms with Crippen LogP contribution in [0.25, 0.3) is 10.8 Å². The Kier molecular flexibility index (Phi) is 11.0. The van der Waals surface area contributed by atoms with Gasteiger partial charge in [0.15, 0.2) is 0 Å². The highest BCUT2D eigenvalue weighted by atomic mass is 16.5. The van der Waals surface area contributed by atoms with Crippen LogP contribution in [0.3, 0.4) is 0 Å². The molecule has 2 aromatic rings. The zero-order valence-corrected chi connectivity index (χ0v) is 18.8. The van der Waals surface area contributed by atoms with Crippen LogP contribution in [0.5, 0.6) is 0 Å². The van der Waals surface area contributed by atoms with Crippen molar-refractivity contribution >= 4 is 28.7 Å². The fourth-order valence-corrected chi connectivity index (χ4v) is 3.07. The van der Waals surface area contributed by atoms with Crippen LogP contribution in [0, 0.1) is 0 Å². The van der Waals surface area contributed by atoms with Crippen LogP contribution in [0.4, 0.5) is 0 Å². The second-order valence-electron chi connectivity index (χ2n) is 7.73. The SMILES string of the molecule is C=C(C)C(=O)OCCCC(=O)OCCCCCCOC(=O)Cc1ccc2ccccc2c1. The Hall–Kier alpha value is -3.15. The van der Waals surface area contributed by atoms with Crippen LogP contribution in [-0.4, -0.2) is 37.7 Å². The molecule has 0 aliphatic heterocycles. The number of esters is 3. The number of unbranched alkanes of at least 4 members (excludes halogenated alkanes) is 3. The zero-order chi connectivity index (χ0) is 23.2. The number of ether oxygens (including phenoxy) is 3. The highest BCUT2D eigenvalue weighted by molar-refractivity contribution is 5.87. The van der Waals surface area contributed by atoms with Gasteiger partial charge in [-0.1, -0.05) is 49.0 Å². The summed E-state index contributed by atoms with van der Waals surface area (Å²) >= 11 is 0. The average Bonchev–Trinajstić information content (AvgIpc) is 2.78. The number of hydrogen-bond acceptors (Lipinski definition) is 6. The number of carbonyl (C=O) groups is 3. The molecule has 172 valence electrons. The van der Waals surface area contributed by atoms with E-state index in [-0.39, 0.29) is 31.4 Å². The predicted molar refractivity (Wildman–Crippen MR) is 123 cm³/mol. The van der Waals surface area contributed by atoms with Crippen molar-refractivity contribution in [1.29, 1.82) is 0 Å². The van der Waals surface area contributed by atoms with E-state index in [0.717, 1.165) is 42.0 Å². The lowest BCUT2D eigenvalue weighted by molar-refractivity contribution is -0.146. The fraction of sp³-hybridized carbons (Fsp3) is 0.423. The first-order valence-electron chi connectivity index (χ1n) is 11.1. The molecule has 0 bridgehead atoms. The number of fused-ring (bicyclic) bond motifs is 1. The minimum Gasteiger partial charge on any atom is -0.466 e. The third-order valence-corrected chi connectivity index (χ3v) is 4.83. The van der Waals surface area contributed by atoms with Gasteiger partial charge in [-0.2, -0.15) is 0 Å². The van der Waals surface area contributed by atoms with E-state index in [1.54, 1.807) is 6.92 Å². The number of rotatable bonds is 14. The molecule has 6 heteroatoms. The summed E-state index contributed by atoms with van der Waals surface area (Å²) < 4.78 is 15.4. The van der Waals surface area contributed by atoms with Gasteiger partial charge >= 0.3 is 17.9 Å². The lowest BCUT2D eigenvalue weighted by Crippen LogP contribution is -2.10. The molecular formula is C26H32O6. The van der Waals surface area contributed by atoms with E-state index in [1.165, 1.54) is 0 Å². The summed E-state index contributed by atoms with van der Waals surface area (Å²) in [6, 6.07) is 14.0. The van der Waals surface area contributed by atoms with Crippen LogP contribution in [0.15, 0.2) is 54.6 Å². The Morgan fingerprint density at radius 2 is 1.38 bits per heavy atom. The van der Waals surface area contributed by atoms with Gasteiger partial charge in [0.1, 0.15) is 0 Å². The molecule has 0 unspecified atom stereocenters. The predicted octanol–water partition coefficient (Wildman–Crippen LogP) is 4.93. The Labute approximate surface area is 189 Å². The van der Waals surface area contributed by atoms with Crippen LogP contribution < -0.4 is 0 Å². The molecule has 0 spiro atoms. The standard InChI is InChI=1S/C26H32O6/c1-20(2)26(29)32-17-9-12-24(27)30-15-7-3-4-8-16-31-25(28)19-21-13-14-22-10-5-6-11-23(22)18-21/h5-6,10-11,13-14,18H,1,3-4,7-9,12,15-17,19H2,2H3. The molecule has 0 aliphatic carbocycles. The summed E-state index contributed by atoms with van der Waals surface area (Å²) in [5, 5.41) is 2.27. The van der Waals surface area contributed by atoms with E-state index >= 15 is 0 Å². The monoisotopic (exact) mass is 440 g/mol. The minimum atomic E-state index is -0.447. The van der Waals surface area contributed by atoms with Gasteiger partial charge in [-0.05, 0) is 55.4 Å². The molecule has 32 heavy (non-hydrogen) atoms. The van der Waals surface area contributed by atoms with Gasteiger partial charge in [0.2, 0.25) is 0 Å². The second kappa shape index (κ2) is 14.0. The first-order chi connectivity index (χ1) is 15.5. The Balaban J connectivity index is 1.45. The van der Waals surface area contributed by atoms with E-state index in [4.69, 9.17) is 14.2 Å². The van der Waals surface area contributed by atoms with Crippen LogP contribution in [-0.2, 0) is 35.0 Å². The molecule has 6 nitrogen and oxygen atoms in total. The first-order valence-corrected chi connectivity index (χ1v) is 11.1. The summed E-state index contributed by atoms with van der Waals surface area (Å²) in [6.45, 7) is 6.01. The number of carbonyl (C=O) groups excluding carboxylic acids is 3. The maximum atomic E-state index is 12.0.